The van der Waals surface area contributed by atoms with Gasteiger partial charge in [-0.25, -0.2) is 9.59 Å². The lowest BCUT2D eigenvalue weighted by Gasteiger charge is -2.23. The second-order valence-electron chi connectivity index (χ2n) is 8.19. The van der Waals surface area contributed by atoms with Gasteiger partial charge in [0.2, 0.25) is 0 Å². The minimum atomic E-state index is -0.819. The summed E-state index contributed by atoms with van der Waals surface area (Å²) in [6, 6.07) is 24.4. The van der Waals surface area contributed by atoms with Crippen LogP contribution in [-0.2, 0) is 16.1 Å². The third-order valence-electron chi connectivity index (χ3n) is 5.69. The topological polar surface area (TPSA) is 137 Å². The van der Waals surface area contributed by atoms with Gasteiger partial charge in [0.05, 0.1) is 6.54 Å². The van der Waals surface area contributed by atoms with Crippen molar-refractivity contribution in [3.8, 4) is 11.5 Å². The highest BCUT2D eigenvalue weighted by Gasteiger charge is 2.25. The quantitative estimate of drug-likeness (QED) is 0.327. The molecule has 4 aromatic rings. The summed E-state index contributed by atoms with van der Waals surface area (Å²) in [6.07, 6.45) is 0. The molecule has 0 spiro atoms. The predicted molar refractivity (Wildman–Crippen MR) is 143 cm³/mol. The van der Waals surface area contributed by atoms with Crippen molar-refractivity contribution in [2.24, 2.45) is 0 Å². The van der Waals surface area contributed by atoms with Crippen LogP contribution in [-0.4, -0.2) is 34.6 Å². The van der Waals surface area contributed by atoms with Gasteiger partial charge in [0.1, 0.15) is 22.9 Å². The van der Waals surface area contributed by atoms with Crippen LogP contribution in [0.4, 0.5) is 11.5 Å². The van der Waals surface area contributed by atoms with Crippen molar-refractivity contribution in [2.75, 3.05) is 23.8 Å². The fourth-order valence-corrected chi connectivity index (χ4v) is 3.84. The van der Waals surface area contributed by atoms with E-state index < -0.39 is 29.7 Å². The van der Waals surface area contributed by atoms with Crippen LogP contribution in [0.15, 0.2) is 94.5 Å². The number of nitrogens with two attached hydrogens (primary N) is 1. The number of para-hydroxylation sites is 2. The highest BCUT2D eigenvalue weighted by molar-refractivity contribution is 5.99. The average Bonchev–Trinajstić information content (AvgIpc) is 2.93. The van der Waals surface area contributed by atoms with Gasteiger partial charge in [0.15, 0.2) is 12.3 Å². The third-order valence-corrected chi connectivity index (χ3v) is 5.69. The van der Waals surface area contributed by atoms with Gasteiger partial charge in [-0.15, -0.1) is 0 Å². The Bertz CT molecular complexity index is 1550. The van der Waals surface area contributed by atoms with Gasteiger partial charge >= 0.3 is 11.7 Å². The van der Waals surface area contributed by atoms with Gasteiger partial charge in [-0.05, 0) is 36.8 Å². The first-order chi connectivity index (χ1) is 18.4. The maximum Gasteiger partial charge on any atom is 0.342 e. The summed E-state index contributed by atoms with van der Waals surface area (Å²) in [7, 11) is 0. The van der Waals surface area contributed by atoms with Crippen LogP contribution in [0.2, 0.25) is 0 Å². The molecule has 1 heterocycles. The lowest BCUT2D eigenvalue weighted by Crippen LogP contribution is -2.42. The molecule has 3 aromatic carbocycles. The molecule has 0 saturated carbocycles. The van der Waals surface area contributed by atoms with Crippen LogP contribution >= 0.6 is 0 Å². The zero-order valence-corrected chi connectivity index (χ0v) is 20.6. The molecule has 0 aliphatic heterocycles. The van der Waals surface area contributed by atoms with Crippen molar-refractivity contribution in [1.29, 1.82) is 0 Å². The van der Waals surface area contributed by atoms with E-state index in [2.05, 4.69) is 4.98 Å². The molecule has 10 heteroatoms. The van der Waals surface area contributed by atoms with E-state index in [0.29, 0.717) is 5.75 Å². The maximum absolute atomic E-state index is 13.1. The van der Waals surface area contributed by atoms with Crippen LogP contribution in [0.1, 0.15) is 22.8 Å². The molecule has 1 aromatic heterocycles. The fourth-order valence-electron chi connectivity index (χ4n) is 3.84. The molecule has 38 heavy (non-hydrogen) atoms. The molecule has 0 bridgehead atoms. The number of benzene rings is 3. The highest BCUT2D eigenvalue weighted by atomic mass is 16.5. The van der Waals surface area contributed by atoms with Crippen molar-refractivity contribution in [1.82, 2.24) is 9.55 Å². The van der Waals surface area contributed by atoms with Crippen LogP contribution in [0.25, 0.3) is 0 Å². The van der Waals surface area contributed by atoms with Gasteiger partial charge in [0, 0.05) is 6.54 Å². The Morgan fingerprint density at radius 2 is 1.55 bits per heavy atom. The molecule has 10 nitrogen and oxygen atoms in total. The van der Waals surface area contributed by atoms with E-state index in [-0.39, 0.29) is 35.9 Å². The number of ether oxygens (including phenoxy) is 2. The molecule has 3 N–H and O–H groups in total. The predicted octanol–water partition coefficient (Wildman–Crippen LogP) is 3.17. The largest absolute Gasteiger partial charge is 0.456 e. The third kappa shape index (κ3) is 5.81. The monoisotopic (exact) mass is 514 g/mol. The number of carbonyl (C=O) groups is 2. The standard InChI is InChI=1S/C28H26N4O6/c1-2-31(24-25(29)32(28(36)30-26(24)34)17-19-11-5-3-6-12-19)23(33)18-37-27(35)21-15-9-10-16-22(21)38-20-13-7-4-8-14-20/h3-16H,2,17-18,29H2,1H3,(H,30,34,36). The molecule has 194 valence electrons. The first kappa shape index (κ1) is 26.0. The van der Waals surface area contributed by atoms with Crippen molar-refractivity contribution >= 4 is 23.4 Å². The van der Waals surface area contributed by atoms with Gasteiger partial charge in [-0.2, -0.15) is 0 Å². The zero-order valence-electron chi connectivity index (χ0n) is 20.6. The summed E-state index contributed by atoms with van der Waals surface area (Å²) in [6.45, 7) is 1.10. The molecule has 4 rings (SSSR count). The second-order valence-corrected chi connectivity index (χ2v) is 8.19. The second kappa shape index (κ2) is 11.7. The highest BCUT2D eigenvalue weighted by Crippen LogP contribution is 2.26. The molecule has 0 aliphatic carbocycles. The summed E-state index contributed by atoms with van der Waals surface area (Å²) in [4.78, 5) is 54.3. The van der Waals surface area contributed by atoms with E-state index in [1.54, 1.807) is 61.5 Å². The normalized spacial score (nSPS) is 10.6. The average molecular weight is 515 g/mol. The molecule has 0 fully saturated rings. The molecule has 0 aliphatic rings. The van der Waals surface area contributed by atoms with E-state index in [0.717, 1.165) is 10.5 Å². The SMILES string of the molecule is CCN(C(=O)COC(=O)c1ccccc1Oc1ccccc1)c1c(N)n(Cc2ccccc2)c(=O)[nH]c1=O. The Morgan fingerprint density at radius 1 is 0.921 bits per heavy atom. The summed E-state index contributed by atoms with van der Waals surface area (Å²) in [5.41, 5.74) is 5.39. The Morgan fingerprint density at radius 3 is 2.24 bits per heavy atom. The number of anilines is 2. The minimum Gasteiger partial charge on any atom is -0.456 e. The van der Waals surface area contributed by atoms with Crippen LogP contribution in [0.3, 0.4) is 0 Å². The number of aromatic amines is 1. The Labute approximate surface area is 217 Å². The van der Waals surface area contributed by atoms with Crippen molar-refractivity contribution in [2.45, 2.75) is 13.5 Å². The van der Waals surface area contributed by atoms with Crippen LogP contribution < -0.4 is 26.6 Å². The molecule has 1 amide bonds. The van der Waals surface area contributed by atoms with Gasteiger partial charge in [0.25, 0.3) is 11.5 Å². The molecule has 0 saturated heterocycles. The molecule has 0 radical (unpaired) electrons. The van der Waals surface area contributed by atoms with Gasteiger partial charge in [-0.3, -0.25) is 19.1 Å². The molecular formula is C28H26N4O6. The Hall–Kier alpha value is -5.12. The number of aromatic nitrogens is 2. The van der Waals surface area contributed by atoms with Crippen molar-refractivity contribution in [3.05, 3.63) is 117 Å². The first-order valence-electron chi connectivity index (χ1n) is 11.8. The van der Waals surface area contributed by atoms with Crippen molar-refractivity contribution in [3.63, 3.8) is 0 Å². The van der Waals surface area contributed by atoms with Crippen LogP contribution in [0.5, 0.6) is 11.5 Å². The van der Waals surface area contributed by atoms with Gasteiger partial charge in [-0.1, -0.05) is 60.7 Å². The number of nitrogens with one attached hydrogen (secondary N) is 1. The number of rotatable bonds is 9. The fraction of sp³-hybridized carbons (Fsp3) is 0.143. The number of nitrogens with zero attached hydrogens (tertiary/aromatic N) is 2. The minimum absolute atomic E-state index is 0.0426. The number of H-pyrrole nitrogens is 1. The van der Waals surface area contributed by atoms with E-state index in [1.807, 2.05) is 24.3 Å². The van der Waals surface area contributed by atoms with E-state index in [1.165, 1.54) is 10.6 Å². The lowest BCUT2D eigenvalue weighted by atomic mass is 10.2. The van der Waals surface area contributed by atoms with E-state index >= 15 is 0 Å². The number of carbonyl (C=O) groups excluding carboxylic acids is 2. The molecule has 0 unspecified atom stereocenters. The number of amides is 1. The summed E-state index contributed by atoms with van der Waals surface area (Å²) < 4.78 is 12.2. The summed E-state index contributed by atoms with van der Waals surface area (Å²) in [5.74, 6) is -0.856. The Kier molecular flexibility index (Phi) is 8.02. The molecule has 0 atom stereocenters. The maximum atomic E-state index is 13.1. The Balaban J connectivity index is 1.53. The van der Waals surface area contributed by atoms with E-state index in [4.69, 9.17) is 15.2 Å². The number of hydrogen-bond acceptors (Lipinski definition) is 7. The first-order valence-corrected chi connectivity index (χ1v) is 11.8. The smallest absolute Gasteiger partial charge is 0.342 e. The number of esters is 1. The molecular weight excluding hydrogens is 488 g/mol. The summed E-state index contributed by atoms with van der Waals surface area (Å²) in [5, 5.41) is 0. The number of nitrogen functional groups attached to an aromatic ring is 1. The number of likely N-dealkylation sites (N-methyl/N-ethyl adjacent to an activating group) is 1. The lowest BCUT2D eigenvalue weighted by molar-refractivity contribution is -0.121. The van der Waals surface area contributed by atoms with Crippen LogP contribution in [0, 0.1) is 0 Å². The number of hydrogen-bond donors (Lipinski definition) is 2. The van der Waals surface area contributed by atoms with Crippen molar-refractivity contribution < 1.29 is 19.1 Å². The van der Waals surface area contributed by atoms with E-state index in [9.17, 15) is 19.2 Å². The van der Waals surface area contributed by atoms with Gasteiger partial charge < -0.3 is 20.1 Å². The summed E-state index contributed by atoms with van der Waals surface area (Å²) >= 11 is 0. The zero-order chi connectivity index (χ0) is 27.1.